The highest BCUT2D eigenvalue weighted by atomic mass is 79.9. The highest BCUT2D eigenvalue weighted by Gasteiger charge is 2.16. The Kier molecular flexibility index (Phi) is 6.98. The number of hydrogen-bond donors (Lipinski definition) is 2. The third-order valence-corrected chi connectivity index (χ3v) is 3.36. The van der Waals surface area contributed by atoms with Crippen molar-refractivity contribution in [2.45, 2.75) is 26.2 Å². The van der Waals surface area contributed by atoms with Gasteiger partial charge in [0.25, 0.3) is 0 Å². The first-order chi connectivity index (χ1) is 8.67. The van der Waals surface area contributed by atoms with Crippen molar-refractivity contribution in [1.29, 1.82) is 0 Å². The molecule has 1 rings (SSSR count). The van der Waals surface area contributed by atoms with Crippen molar-refractivity contribution in [2.24, 2.45) is 5.92 Å². The molecule has 1 aromatic carbocycles. The molecule has 1 unspecified atom stereocenters. The standard InChI is InChI=1S/C14H20BrNO2/c1-2-12(14(18)16-7-4-8-17)9-11-5-3-6-13(15)10-11/h3,5-6,10,12,17H,2,4,7-9H2,1H3,(H,16,18). The molecule has 100 valence electrons. The molecule has 1 atom stereocenters. The minimum Gasteiger partial charge on any atom is -0.396 e. The van der Waals surface area contributed by atoms with Crippen LogP contribution in [0.4, 0.5) is 0 Å². The number of halogens is 1. The first kappa shape index (κ1) is 15.2. The number of carbonyl (C=O) groups is 1. The number of carbonyl (C=O) groups excluding carboxylic acids is 1. The second-order valence-corrected chi connectivity index (χ2v) is 5.22. The predicted octanol–water partition coefficient (Wildman–Crippen LogP) is 2.52. The summed E-state index contributed by atoms with van der Waals surface area (Å²) in [5.41, 5.74) is 1.16. The molecule has 1 amide bonds. The SMILES string of the molecule is CCC(Cc1cccc(Br)c1)C(=O)NCCCO. The molecule has 3 nitrogen and oxygen atoms in total. The molecule has 0 aromatic heterocycles. The summed E-state index contributed by atoms with van der Waals surface area (Å²) >= 11 is 3.43. The Morgan fingerprint density at radius 2 is 2.28 bits per heavy atom. The maximum atomic E-state index is 11.9. The average Bonchev–Trinajstić information content (AvgIpc) is 2.36. The summed E-state index contributed by atoms with van der Waals surface area (Å²) in [6.45, 7) is 2.68. The van der Waals surface area contributed by atoms with Gasteiger partial charge in [0.15, 0.2) is 0 Å². The first-order valence-electron chi connectivity index (χ1n) is 6.30. The molecule has 0 fully saturated rings. The fourth-order valence-electron chi connectivity index (χ4n) is 1.81. The van der Waals surface area contributed by atoms with E-state index in [9.17, 15) is 4.79 Å². The van der Waals surface area contributed by atoms with E-state index in [4.69, 9.17) is 5.11 Å². The largest absolute Gasteiger partial charge is 0.396 e. The van der Waals surface area contributed by atoms with E-state index >= 15 is 0 Å². The van der Waals surface area contributed by atoms with E-state index in [1.807, 2.05) is 31.2 Å². The Balaban J connectivity index is 2.53. The average molecular weight is 314 g/mol. The number of nitrogens with one attached hydrogen (secondary N) is 1. The lowest BCUT2D eigenvalue weighted by atomic mass is 9.96. The van der Waals surface area contributed by atoms with Crippen molar-refractivity contribution in [1.82, 2.24) is 5.32 Å². The van der Waals surface area contributed by atoms with Gasteiger partial charge in [-0.25, -0.2) is 0 Å². The zero-order chi connectivity index (χ0) is 13.4. The van der Waals surface area contributed by atoms with Crippen LogP contribution in [-0.4, -0.2) is 24.2 Å². The molecular formula is C14H20BrNO2. The van der Waals surface area contributed by atoms with Gasteiger partial charge in [-0.15, -0.1) is 0 Å². The summed E-state index contributed by atoms with van der Waals surface area (Å²) < 4.78 is 1.04. The van der Waals surface area contributed by atoms with Crippen molar-refractivity contribution in [2.75, 3.05) is 13.2 Å². The summed E-state index contributed by atoms with van der Waals surface area (Å²) in [5, 5.41) is 11.5. The number of benzene rings is 1. The molecule has 2 N–H and O–H groups in total. The van der Waals surface area contributed by atoms with Gasteiger partial charge in [-0.2, -0.15) is 0 Å². The topological polar surface area (TPSA) is 49.3 Å². The van der Waals surface area contributed by atoms with Crippen LogP contribution in [0.1, 0.15) is 25.3 Å². The molecule has 0 aliphatic rings. The van der Waals surface area contributed by atoms with Crippen LogP contribution in [0.15, 0.2) is 28.7 Å². The summed E-state index contributed by atoms with van der Waals surface area (Å²) in [5.74, 6) is 0.0731. The van der Waals surface area contributed by atoms with Gasteiger partial charge in [-0.3, -0.25) is 4.79 Å². The Morgan fingerprint density at radius 1 is 1.50 bits per heavy atom. The van der Waals surface area contributed by atoms with Gasteiger partial charge in [0, 0.05) is 23.5 Å². The number of hydrogen-bond acceptors (Lipinski definition) is 2. The Morgan fingerprint density at radius 3 is 2.89 bits per heavy atom. The van der Waals surface area contributed by atoms with E-state index in [1.54, 1.807) is 0 Å². The van der Waals surface area contributed by atoms with Gasteiger partial charge in [0.1, 0.15) is 0 Å². The zero-order valence-electron chi connectivity index (χ0n) is 10.7. The maximum absolute atomic E-state index is 11.9. The molecule has 0 saturated heterocycles. The van der Waals surface area contributed by atoms with Crippen molar-refractivity contribution < 1.29 is 9.90 Å². The molecule has 18 heavy (non-hydrogen) atoms. The second-order valence-electron chi connectivity index (χ2n) is 4.31. The van der Waals surface area contributed by atoms with E-state index in [1.165, 1.54) is 0 Å². The molecule has 0 radical (unpaired) electrons. The first-order valence-corrected chi connectivity index (χ1v) is 7.09. The summed E-state index contributed by atoms with van der Waals surface area (Å²) in [4.78, 5) is 11.9. The van der Waals surface area contributed by atoms with E-state index in [0.717, 1.165) is 22.9 Å². The third kappa shape index (κ3) is 5.19. The van der Waals surface area contributed by atoms with Crippen molar-refractivity contribution in [3.05, 3.63) is 34.3 Å². The molecule has 4 heteroatoms. The number of rotatable bonds is 7. The van der Waals surface area contributed by atoms with Crippen LogP contribution in [0.2, 0.25) is 0 Å². The van der Waals surface area contributed by atoms with E-state index in [0.29, 0.717) is 13.0 Å². The zero-order valence-corrected chi connectivity index (χ0v) is 12.2. The van der Waals surface area contributed by atoms with Gasteiger partial charge >= 0.3 is 0 Å². The fourth-order valence-corrected chi connectivity index (χ4v) is 2.25. The quantitative estimate of drug-likeness (QED) is 0.760. The molecular weight excluding hydrogens is 294 g/mol. The molecule has 0 spiro atoms. The molecule has 0 aliphatic carbocycles. The third-order valence-electron chi connectivity index (χ3n) is 2.87. The van der Waals surface area contributed by atoms with Crippen LogP contribution < -0.4 is 5.32 Å². The summed E-state index contributed by atoms with van der Waals surface area (Å²) in [6.07, 6.45) is 2.18. The Labute approximate surface area is 117 Å². The molecule has 1 aromatic rings. The van der Waals surface area contributed by atoms with E-state index in [-0.39, 0.29) is 18.4 Å². The molecule has 0 aliphatic heterocycles. The lowest BCUT2D eigenvalue weighted by Crippen LogP contribution is -2.32. The van der Waals surface area contributed by atoms with Gasteiger partial charge < -0.3 is 10.4 Å². The fraction of sp³-hybridized carbons (Fsp3) is 0.500. The second kappa shape index (κ2) is 8.27. The van der Waals surface area contributed by atoms with Crippen LogP contribution in [0.5, 0.6) is 0 Å². The van der Waals surface area contributed by atoms with Gasteiger partial charge in [0.2, 0.25) is 5.91 Å². The van der Waals surface area contributed by atoms with Crippen molar-refractivity contribution in [3.8, 4) is 0 Å². The number of aliphatic hydroxyl groups is 1. The summed E-state index contributed by atoms with van der Waals surface area (Å²) in [6, 6.07) is 8.04. The predicted molar refractivity (Wildman–Crippen MR) is 76.3 cm³/mol. The number of amides is 1. The lowest BCUT2D eigenvalue weighted by Gasteiger charge is -2.15. The van der Waals surface area contributed by atoms with Crippen LogP contribution >= 0.6 is 15.9 Å². The molecule has 0 bridgehead atoms. The van der Waals surface area contributed by atoms with Crippen LogP contribution in [0, 0.1) is 5.92 Å². The number of aliphatic hydroxyl groups excluding tert-OH is 1. The van der Waals surface area contributed by atoms with Crippen molar-refractivity contribution >= 4 is 21.8 Å². The van der Waals surface area contributed by atoms with Crippen LogP contribution in [0.3, 0.4) is 0 Å². The monoisotopic (exact) mass is 313 g/mol. The van der Waals surface area contributed by atoms with E-state index in [2.05, 4.69) is 21.2 Å². The van der Waals surface area contributed by atoms with Crippen LogP contribution in [0.25, 0.3) is 0 Å². The van der Waals surface area contributed by atoms with Gasteiger partial charge in [-0.05, 0) is 37.0 Å². The lowest BCUT2D eigenvalue weighted by molar-refractivity contribution is -0.125. The minimum absolute atomic E-state index is 0.00186. The Hall–Kier alpha value is -0.870. The summed E-state index contributed by atoms with van der Waals surface area (Å²) in [7, 11) is 0. The normalized spacial score (nSPS) is 12.2. The smallest absolute Gasteiger partial charge is 0.223 e. The van der Waals surface area contributed by atoms with Crippen molar-refractivity contribution in [3.63, 3.8) is 0 Å². The van der Waals surface area contributed by atoms with E-state index < -0.39 is 0 Å². The maximum Gasteiger partial charge on any atom is 0.223 e. The van der Waals surface area contributed by atoms with Gasteiger partial charge in [0.05, 0.1) is 0 Å². The molecule has 0 heterocycles. The minimum atomic E-state index is -0.00186. The highest BCUT2D eigenvalue weighted by Crippen LogP contribution is 2.17. The van der Waals surface area contributed by atoms with Gasteiger partial charge in [-0.1, -0.05) is 35.0 Å². The van der Waals surface area contributed by atoms with Crippen LogP contribution in [-0.2, 0) is 11.2 Å². The highest BCUT2D eigenvalue weighted by molar-refractivity contribution is 9.10. The molecule has 0 saturated carbocycles. The Bertz CT molecular complexity index is 382.